The van der Waals surface area contributed by atoms with Crippen LogP contribution in [0.25, 0.3) is 16.6 Å². The summed E-state index contributed by atoms with van der Waals surface area (Å²) >= 11 is 0. The molecule has 1 aliphatic carbocycles. The second kappa shape index (κ2) is 5.26. The van der Waals surface area contributed by atoms with Gasteiger partial charge in [-0.2, -0.15) is 0 Å². The lowest BCUT2D eigenvalue weighted by molar-refractivity contribution is 0.415. The lowest BCUT2D eigenvalue weighted by Crippen LogP contribution is -2.29. The second-order valence-corrected chi connectivity index (χ2v) is 5.68. The summed E-state index contributed by atoms with van der Waals surface area (Å²) in [5, 5.41) is 0. The largest absolute Gasteiger partial charge is 0.494 e. The van der Waals surface area contributed by atoms with Gasteiger partial charge >= 0.3 is 5.69 Å². The molecule has 1 N–H and O–H groups in total. The van der Waals surface area contributed by atoms with E-state index in [4.69, 9.17) is 4.74 Å². The Bertz CT molecular complexity index is 1050. The molecule has 3 heterocycles. The number of nitrogens with zero attached hydrogens (tertiary/aromatic N) is 3. The van der Waals surface area contributed by atoms with E-state index in [0.717, 1.165) is 23.4 Å². The summed E-state index contributed by atoms with van der Waals surface area (Å²) in [5.74, 6) is -0.483. The van der Waals surface area contributed by atoms with Crippen LogP contribution in [0, 0.1) is 5.82 Å². The van der Waals surface area contributed by atoms with Gasteiger partial charge in [-0.15, -0.1) is 0 Å². The van der Waals surface area contributed by atoms with Crippen molar-refractivity contribution in [3.63, 3.8) is 0 Å². The van der Waals surface area contributed by atoms with Crippen LogP contribution in [-0.2, 0) is 0 Å². The van der Waals surface area contributed by atoms with Crippen molar-refractivity contribution in [1.82, 2.24) is 19.4 Å². The zero-order valence-electron chi connectivity index (χ0n) is 12.7. The zero-order valence-corrected chi connectivity index (χ0v) is 12.7. The second-order valence-electron chi connectivity index (χ2n) is 5.68. The molecule has 0 spiro atoms. The molecule has 0 amide bonds. The Balaban J connectivity index is 2.20. The average Bonchev–Trinajstić information content (AvgIpc) is 3.40. The number of aromatic nitrogens is 4. The minimum atomic E-state index is -0.701. The smallest absolute Gasteiger partial charge is 0.333 e. The minimum absolute atomic E-state index is 0.0450. The predicted molar refractivity (Wildman–Crippen MR) is 83.8 cm³/mol. The van der Waals surface area contributed by atoms with Crippen molar-refractivity contribution in [1.29, 1.82) is 0 Å². The van der Waals surface area contributed by atoms with E-state index in [1.54, 1.807) is 0 Å². The molecule has 8 heteroatoms. The van der Waals surface area contributed by atoms with Crippen LogP contribution in [0.2, 0.25) is 0 Å². The number of pyridine rings is 1. The Morgan fingerprint density at radius 2 is 2.00 bits per heavy atom. The van der Waals surface area contributed by atoms with Crippen molar-refractivity contribution in [2.45, 2.75) is 18.8 Å². The van der Waals surface area contributed by atoms with E-state index in [2.05, 4.69) is 15.0 Å². The summed E-state index contributed by atoms with van der Waals surface area (Å²) in [4.78, 5) is 34.4. The molecule has 0 unspecified atom stereocenters. The monoisotopic (exact) mass is 328 g/mol. The van der Waals surface area contributed by atoms with E-state index in [9.17, 15) is 14.0 Å². The van der Waals surface area contributed by atoms with E-state index < -0.39 is 17.1 Å². The lowest BCUT2D eigenvalue weighted by Gasteiger charge is -2.15. The fourth-order valence-corrected chi connectivity index (χ4v) is 2.97. The molecule has 0 radical (unpaired) electrons. The van der Waals surface area contributed by atoms with Gasteiger partial charge in [-0.1, -0.05) is 0 Å². The van der Waals surface area contributed by atoms with Crippen molar-refractivity contribution in [3.8, 4) is 16.9 Å². The molecule has 0 bridgehead atoms. The van der Waals surface area contributed by atoms with Crippen LogP contribution in [0.3, 0.4) is 0 Å². The number of H-pyrrole nitrogens is 1. The first-order valence-electron chi connectivity index (χ1n) is 7.42. The molecule has 3 aromatic rings. The number of halogens is 1. The number of nitrogens with one attached hydrogen (secondary N) is 1. The highest BCUT2D eigenvalue weighted by Gasteiger charge is 2.32. The van der Waals surface area contributed by atoms with E-state index in [-0.39, 0.29) is 17.2 Å². The summed E-state index contributed by atoms with van der Waals surface area (Å²) in [6.45, 7) is 0. The number of rotatable bonds is 3. The van der Waals surface area contributed by atoms with Crippen LogP contribution in [0.5, 0.6) is 5.75 Å². The summed E-state index contributed by atoms with van der Waals surface area (Å²) < 4.78 is 21.2. The highest BCUT2D eigenvalue weighted by Crippen LogP contribution is 2.44. The molecule has 7 nitrogen and oxygen atoms in total. The maximum absolute atomic E-state index is 14.7. The van der Waals surface area contributed by atoms with E-state index >= 15 is 0 Å². The van der Waals surface area contributed by atoms with Crippen molar-refractivity contribution >= 4 is 5.52 Å². The molecule has 0 aromatic carbocycles. The predicted octanol–water partition coefficient (Wildman–Crippen LogP) is 1.47. The van der Waals surface area contributed by atoms with Crippen molar-refractivity contribution in [3.05, 3.63) is 57.1 Å². The van der Waals surface area contributed by atoms with Crippen LogP contribution >= 0.6 is 0 Å². The highest BCUT2D eigenvalue weighted by molar-refractivity contribution is 5.81. The Labute approximate surface area is 134 Å². The molecule has 4 rings (SSSR count). The maximum Gasteiger partial charge on any atom is 0.333 e. The van der Waals surface area contributed by atoms with Crippen LogP contribution < -0.4 is 16.0 Å². The third kappa shape index (κ3) is 2.10. The Kier molecular flexibility index (Phi) is 3.19. The van der Waals surface area contributed by atoms with Gasteiger partial charge in [-0.3, -0.25) is 14.2 Å². The van der Waals surface area contributed by atoms with Crippen LogP contribution in [-0.4, -0.2) is 26.5 Å². The maximum atomic E-state index is 14.7. The van der Waals surface area contributed by atoms with Gasteiger partial charge in [0.25, 0.3) is 5.56 Å². The van der Waals surface area contributed by atoms with Gasteiger partial charge in [-0.05, 0) is 18.8 Å². The molecule has 1 aliphatic rings. The SMILES string of the molecule is COc1c(-c2cncnc2)c(F)cn2c(=O)[nH]c(=O)c(C3CC3)c12. The number of hydrogen-bond donors (Lipinski definition) is 1. The Morgan fingerprint density at radius 3 is 2.62 bits per heavy atom. The molecule has 0 saturated heterocycles. The molecule has 0 atom stereocenters. The Morgan fingerprint density at radius 1 is 1.29 bits per heavy atom. The minimum Gasteiger partial charge on any atom is -0.494 e. The number of hydrogen-bond acceptors (Lipinski definition) is 5. The molecule has 0 aliphatic heterocycles. The summed E-state index contributed by atoms with van der Waals surface area (Å²) in [6.07, 6.45) is 6.99. The molecular formula is C16H13FN4O3. The first kappa shape index (κ1) is 14.6. The molecule has 3 aromatic heterocycles. The van der Waals surface area contributed by atoms with E-state index in [1.807, 2.05) is 0 Å². The van der Waals surface area contributed by atoms with Gasteiger partial charge in [0.15, 0.2) is 11.6 Å². The van der Waals surface area contributed by atoms with Gasteiger partial charge in [0.2, 0.25) is 0 Å². The Hall–Kier alpha value is -3.03. The molecule has 24 heavy (non-hydrogen) atoms. The zero-order chi connectivity index (χ0) is 16.8. The van der Waals surface area contributed by atoms with Gasteiger partial charge in [0.1, 0.15) is 11.8 Å². The van der Waals surface area contributed by atoms with E-state index in [1.165, 1.54) is 25.8 Å². The molecule has 1 saturated carbocycles. The normalized spacial score (nSPS) is 14.1. The van der Waals surface area contributed by atoms with Crippen LogP contribution in [0.4, 0.5) is 4.39 Å². The molecule has 1 fully saturated rings. The number of ether oxygens (including phenoxy) is 1. The summed E-state index contributed by atoms with van der Waals surface area (Å²) in [6, 6.07) is 0. The summed E-state index contributed by atoms with van der Waals surface area (Å²) in [5.41, 5.74) is 0.127. The van der Waals surface area contributed by atoms with Gasteiger partial charge in [0, 0.05) is 23.5 Å². The third-order valence-electron chi connectivity index (χ3n) is 4.14. The number of aromatic amines is 1. The highest BCUT2D eigenvalue weighted by atomic mass is 19.1. The standard InChI is InChI=1S/C16H13FN4O3/c1-24-14-11(9-4-18-7-19-5-9)10(17)6-21-13(14)12(8-2-3-8)15(22)20-16(21)23/h4-8H,2-3H2,1H3,(H,20,22,23). The van der Waals surface area contributed by atoms with Crippen molar-refractivity contribution in [2.24, 2.45) is 0 Å². The van der Waals surface area contributed by atoms with Gasteiger partial charge < -0.3 is 4.74 Å². The van der Waals surface area contributed by atoms with Crippen LogP contribution in [0.15, 0.2) is 34.5 Å². The average molecular weight is 328 g/mol. The molecule has 122 valence electrons. The number of fused-ring (bicyclic) bond motifs is 1. The van der Waals surface area contributed by atoms with Crippen molar-refractivity contribution < 1.29 is 9.13 Å². The van der Waals surface area contributed by atoms with Gasteiger partial charge in [0.05, 0.1) is 18.9 Å². The summed E-state index contributed by atoms with van der Waals surface area (Å²) in [7, 11) is 1.38. The first-order valence-corrected chi connectivity index (χ1v) is 7.42. The fraction of sp³-hybridized carbons (Fsp3) is 0.250. The first-order chi connectivity index (χ1) is 11.6. The number of methoxy groups -OCH3 is 1. The quantitative estimate of drug-likeness (QED) is 0.786. The fourth-order valence-electron chi connectivity index (χ4n) is 2.97. The molecular weight excluding hydrogens is 315 g/mol. The lowest BCUT2D eigenvalue weighted by atomic mass is 10.0. The topological polar surface area (TPSA) is 89.3 Å². The van der Waals surface area contributed by atoms with E-state index in [0.29, 0.717) is 16.6 Å². The van der Waals surface area contributed by atoms with Gasteiger partial charge in [-0.25, -0.2) is 19.2 Å². The van der Waals surface area contributed by atoms with Crippen LogP contribution in [0.1, 0.15) is 24.3 Å². The third-order valence-corrected chi connectivity index (χ3v) is 4.14. The van der Waals surface area contributed by atoms with Crippen molar-refractivity contribution in [2.75, 3.05) is 7.11 Å².